The summed E-state index contributed by atoms with van der Waals surface area (Å²) >= 11 is 0. The highest BCUT2D eigenvalue weighted by Crippen LogP contribution is 2.36. The number of nitrogens with one attached hydrogen (secondary N) is 1. The lowest BCUT2D eigenvalue weighted by Gasteiger charge is -2.41. The topological polar surface area (TPSA) is 96.8 Å². The standard InChI is InChI=1S/C32H41N5O4/c1-21(2)37-30-10-6-5-9-24(30)14-29(32(37)40)31(39)34-25-15-26-11-12-27(16-25)36(26)20-28(41-4)19-35(22(3)38)18-23-8-7-13-33-17-23/h5-10,13-14,17,21,25-28H,11-12,15-16,18-20H2,1-4H3,(H,34,39)/t25-,26-,27+,28?. The summed E-state index contributed by atoms with van der Waals surface area (Å²) in [5, 5.41) is 4.08. The SMILES string of the molecule is COC(CN(Cc1cccnc1)C(C)=O)CN1[C@@H]2CC[C@H]1C[C@H](NC(=O)c1cc3ccccc3n(C(C)C)c1=O)C2. The molecule has 2 aliphatic rings. The number of rotatable bonds is 10. The summed E-state index contributed by atoms with van der Waals surface area (Å²) in [6, 6.07) is 13.9. The predicted molar refractivity (Wildman–Crippen MR) is 159 cm³/mol. The summed E-state index contributed by atoms with van der Waals surface area (Å²) in [7, 11) is 1.70. The number of fused-ring (bicyclic) bond motifs is 3. The Balaban J connectivity index is 1.24. The molecule has 4 atom stereocenters. The monoisotopic (exact) mass is 559 g/mol. The van der Waals surface area contributed by atoms with Crippen molar-refractivity contribution in [1.29, 1.82) is 0 Å². The van der Waals surface area contributed by atoms with Gasteiger partial charge in [-0.05, 0) is 68.7 Å². The van der Waals surface area contributed by atoms with E-state index in [0.717, 1.165) is 48.7 Å². The van der Waals surface area contributed by atoms with Crippen LogP contribution in [0.2, 0.25) is 0 Å². The van der Waals surface area contributed by atoms with Crippen LogP contribution < -0.4 is 10.9 Å². The molecule has 0 aliphatic carbocycles. The van der Waals surface area contributed by atoms with Crippen LogP contribution in [-0.2, 0) is 16.1 Å². The Bertz CT molecular complexity index is 1430. The van der Waals surface area contributed by atoms with Crippen LogP contribution in [0.5, 0.6) is 0 Å². The van der Waals surface area contributed by atoms with Crippen LogP contribution in [0.1, 0.15) is 68.4 Å². The molecular weight excluding hydrogens is 518 g/mol. The van der Waals surface area contributed by atoms with Gasteiger partial charge in [0.15, 0.2) is 0 Å². The molecule has 2 aromatic heterocycles. The smallest absolute Gasteiger partial charge is 0.264 e. The lowest BCUT2D eigenvalue weighted by atomic mass is 9.96. The van der Waals surface area contributed by atoms with Gasteiger partial charge < -0.3 is 19.5 Å². The van der Waals surface area contributed by atoms with E-state index in [2.05, 4.69) is 15.2 Å². The largest absolute Gasteiger partial charge is 0.378 e. The van der Waals surface area contributed by atoms with Gasteiger partial charge in [-0.2, -0.15) is 0 Å². The lowest BCUT2D eigenvalue weighted by Crippen LogP contribution is -2.54. The molecule has 4 heterocycles. The van der Waals surface area contributed by atoms with Crippen LogP contribution in [0, 0.1) is 0 Å². The van der Waals surface area contributed by atoms with Gasteiger partial charge in [-0.25, -0.2) is 0 Å². The second-order valence-electron chi connectivity index (χ2n) is 11.7. The summed E-state index contributed by atoms with van der Waals surface area (Å²) < 4.78 is 7.57. The summed E-state index contributed by atoms with van der Waals surface area (Å²) in [4.78, 5) is 47.7. The fourth-order valence-electron chi connectivity index (χ4n) is 6.62. The minimum Gasteiger partial charge on any atom is -0.378 e. The van der Waals surface area contributed by atoms with E-state index < -0.39 is 0 Å². The fraction of sp³-hybridized carbons (Fsp3) is 0.500. The Morgan fingerprint density at radius 1 is 1.12 bits per heavy atom. The second kappa shape index (κ2) is 12.5. The normalized spacial score (nSPS) is 21.2. The molecule has 1 unspecified atom stereocenters. The number of methoxy groups -OCH3 is 1. The third-order valence-corrected chi connectivity index (χ3v) is 8.64. The number of hydrogen-bond acceptors (Lipinski definition) is 6. The number of benzene rings is 1. The van der Waals surface area contributed by atoms with Gasteiger partial charge in [-0.15, -0.1) is 0 Å². The van der Waals surface area contributed by atoms with E-state index >= 15 is 0 Å². The van der Waals surface area contributed by atoms with E-state index in [1.807, 2.05) is 55.1 Å². The molecule has 0 radical (unpaired) electrons. The van der Waals surface area contributed by atoms with E-state index in [1.165, 1.54) is 0 Å². The Kier molecular flexibility index (Phi) is 8.85. The van der Waals surface area contributed by atoms with Crippen LogP contribution in [0.3, 0.4) is 0 Å². The highest BCUT2D eigenvalue weighted by molar-refractivity contribution is 5.97. The molecule has 2 aliphatic heterocycles. The maximum atomic E-state index is 13.4. The van der Waals surface area contributed by atoms with Gasteiger partial charge in [0.2, 0.25) is 5.91 Å². The Morgan fingerprint density at radius 3 is 2.49 bits per heavy atom. The van der Waals surface area contributed by atoms with E-state index in [0.29, 0.717) is 25.2 Å². The maximum absolute atomic E-state index is 13.4. The van der Waals surface area contributed by atoms with Crippen molar-refractivity contribution in [2.24, 2.45) is 0 Å². The van der Waals surface area contributed by atoms with Crippen LogP contribution >= 0.6 is 0 Å². The van der Waals surface area contributed by atoms with Crippen LogP contribution in [0.15, 0.2) is 59.7 Å². The molecule has 41 heavy (non-hydrogen) atoms. The molecule has 5 rings (SSSR count). The number of carbonyl (C=O) groups is 2. The zero-order chi connectivity index (χ0) is 29.1. The average molecular weight is 560 g/mol. The molecule has 9 nitrogen and oxygen atoms in total. The molecule has 3 aromatic rings. The zero-order valence-corrected chi connectivity index (χ0v) is 24.5. The minimum absolute atomic E-state index is 0.00511. The van der Waals surface area contributed by atoms with E-state index in [4.69, 9.17) is 4.74 Å². The molecule has 9 heteroatoms. The number of pyridine rings is 2. The van der Waals surface area contributed by atoms with Gasteiger partial charge in [0.25, 0.3) is 11.5 Å². The van der Waals surface area contributed by atoms with E-state index in [-0.39, 0.29) is 41.1 Å². The van der Waals surface area contributed by atoms with Crippen LogP contribution in [-0.4, -0.2) is 75.6 Å². The van der Waals surface area contributed by atoms with Crippen LogP contribution in [0.25, 0.3) is 10.9 Å². The number of hydrogen-bond donors (Lipinski definition) is 1. The number of ether oxygens (including phenoxy) is 1. The molecule has 0 saturated carbocycles. The first-order chi connectivity index (χ1) is 19.7. The third kappa shape index (κ3) is 6.36. The summed E-state index contributed by atoms with van der Waals surface area (Å²) in [6.45, 7) is 7.24. The van der Waals surface area contributed by atoms with Crippen molar-refractivity contribution in [2.75, 3.05) is 20.2 Å². The Morgan fingerprint density at radius 2 is 1.85 bits per heavy atom. The second-order valence-corrected chi connectivity index (χ2v) is 11.7. The molecular formula is C32H41N5O4. The molecule has 0 spiro atoms. The lowest BCUT2D eigenvalue weighted by molar-refractivity contribution is -0.131. The van der Waals surface area contributed by atoms with E-state index in [1.54, 1.807) is 37.1 Å². The van der Waals surface area contributed by atoms with Gasteiger partial charge in [-0.3, -0.25) is 24.3 Å². The van der Waals surface area contributed by atoms with Crippen LogP contribution in [0.4, 0.5) is 0 Å². The van der Waals surface area contributed by atoms with Crippen molar-refractivity contribution in [2.45, 2.75) is 83.3 Å². The van der Waals surface area contributed by atoms with Crippen molar-refractivity contribution in [1.82, 2.24) is 24.7 Å². The molecule has 2 fully saturated rings. The summed E-state index contributed by atoms with van der Waals surface area (Å²) in [5.74, 6) is -0.291. The van der Waals surface area contributed by atoms with Crippen molar-refractivity contribution in [3.63, 3.8) is 0 Å². The molecule has 1 aromatic carbocycles. The van der Waals surface area contributed by atoms with Crippen molar-refractivity contribution in [3.8, 4) is 0 Å². The molecule has 2 bridgehead atoms. The predicted octanol–water partition coefficient (Wildman–Crippen LogP) is 3.77. The molecule has 2 amide bonds. The number of nitrogens with zero attached hydrogens (tertiary/aromatic N) is 4. The van der Waals surface area contributed by atoms with Gasteiger partial charge in [0.05, 0.1) is 11.6 Å². The molecule has 2 saturated heterocycles. The first-order valence-corrected chi connectivity index (χ1v) is 14.6. The Hall–Kier alpha value is -3.56. The zero-order valence-electron chi connectivity index (χ0n) is 24.5. The minimum atomic E-state index is -0.296. The molecule has 1 N–H and O–H groups in total. The highest BCUT2D eigenvalue weighted by Gasteiger charge is 2.42. The van der Waals surface area contributed by atoms with Crippen molar-refractivity contribution >= 4 is 22.7 Å². The number of piperidine rings is 1. The van der Waals surface area contributed by atoms with Crippen molar-refractivity contribution in [3.05, 3.63) is 76.3 Å². The van der Waals surface area contributed by atoms with Gasteiger partial charge in [0.1, 0.15) is 5.56 Å². The van der Waals surface area contributed by atoms with E-state index in [9.17, 15) is 14.4 Å². The quantitative estimate of drug-likeness (QED) is 0.406. The third-order valence-electron chi connectivity index (χ3n) is 8.64. The van der Waals surface area contributed by atoms with Gasteiger partial charge in [0, 0.05) is 70.2 Å². The number of aromatic nitrogens is 2. The Labute approximate surface area is 241 Å². The van der Waals surface area contributed by atoms with Gasteiger partial charge >= 0.3 is 0 Å². The molecule has 218 valence electrons. The van der Waals surface area contributed by atoms with Gasteiger partial charge in [-0.1, -0.05) is 24.3 Å². The summed E-state index contributed by atoms with van der Waals surface area (Å²) in [5.41, 5.74) is 1.78. The number of amides is 2. The number of carbonyl (C=O) groups excluding carboxylic acids is 2. The highest BCUT2D eigenvalue weighted by atomic mass is 16.5. The maximum Gasteiger partial charge on any atom is 0.264 e. The number of para-hydroxylation sites is 1. The van der Waals surface area contributed by atoms with Crippen molar-refractivity contribution < 1.29 is 14.3 Å². The first kappa shape index (κ1) is 29.0. The first-order valence-electron chi connectivity index (χ1n) is 14.6. The summed E-state index contributed by atoms with van der Waals surface area (Å²) in [6.07, 6.45) is 7.17. The average Bonchev–Trinajstić information content (AvgIpc) is 3.18. The fourth-order valence-corrected chi connectivity index (χ4v) is 6.62.